The molecular weight excluding hydrogens is 409 g/mol. The van der Waals surface area contributed by atoms with Crippen LogP contribution in [0, 0.1) is 5.92 Å². The molecule has 1 amide bonds. The second-order valence-electron chi connectivity index (χ2n) is 8.76. The van der Waals surface area contributed by atoms with Crippen LogP contribution in [0.3, 0.4) is 0 Å². The molecule has 2 heterocycles. The number of alkyl halides is 3. The molecule has 1 atom stereocenters. The van der Waals surface area contributed by atoms with Gasteiger partial charge in [-0.05, 0) is 24.1 Å². The third-order valence-electron chi connectivity index (χ3n) is 5.65. The van der Waals surface area contributed by atoms with Gasteiger partial charge in [-0.15, -0.1) is 0 Å². The Kier molecular flexibility index (Phi) is 8.18. The van der Waals surface area contributed by atoms with E-state index in [0.717, 1.165) is 25.7 Å². The molecule has 9 heteroatoms. The maximum Gasteiger partial charge on any atom is 0.416 e. The van der Waals surface area contributed by atoms with Crippen LogP contribution >= 0.6 is 0 Å². The van der Waals surface area contributed by atoms with Crippen molar-refractivity contribution in [1.82, 2.24) is 15.1 Å². The Morgan fingerprint density at radius 1 is 1.16 bits per heavy atom. The minimum Gasteiger partial charge on any atom is -0.374 e. The van der Waals surface area contributed by atoms with E-state index in [9.17, 15) is 18.0 Å². The first kappa shape index (κ1) is 23.8. The maximum absolute atomic E-state index is 12.9. The van der Waals surface area contributed by atoms with Gasteiger partial charge in [0.25, 0.3) is 0 Å². The topological polar surface area (TPSA) is 48.1 Å². The molecule has 0 saturated carbocycles. The highest BCUT2D eigenvalue weighted by Crippen LogP contribution is 2.31. The van der Waals surface area contributed by atoms with Crippen LogP contribution in [0.1, 0.15) is 19.4 Å². The first-order chi connectivity index (χ1) is 14.7. The number of amides is 1. The van der Waals surface area contributed by atoms with Gasteiger partial charge in [0.05, 0.1) is 24.8 Å². The van der Waals surface area contributed by atoms with Crippen molar-refractivity contribution in [2.45, 2.75) is 26.1 Å². The number of halogens is 3. The Balaban J connectivity index is 1.39. The number of anilines is 1. The average molecular weight is 443 g/mol. The molecule has 1 N–H and O–H groups in total. The molecule has 31 heavy (non-hydrogen) atoms. The van der Waals surface area contributed by atoms with Crippen LogP contribution < -0.4 is 10.2 Å². The third-order valence-corrected chi connectivity index (χ3v) is 5.65. The second kappa shape index (κ2) is 10.7. The summed E-state index contributed by atoms with van der Waals surface area (Å²) in [5, 5.41) is 2.97. The molecule has 0 bridgehead atoms. The van der Waals surface area contributed by atoms with Crippen LogP contribution in [-0.2, 0) is 15.7 Å². The summed E-state index contributed by atoms with van der Waals surface area (Å²) in [7, 11) is 0. The Morgan fingerprint density at radius 3 is 2.58 bits per heavy atom. The van der Waals surface area contributed by atoms with E-state index in [4.69, 9.17) is 4.74 Å². The fourth-order valence-electron chi connectivity index (χ4n) is 4.12. The van der Waals surface area contributed by atoms with Crippen LogP contribution in [0.25, 0.3) is 0 Å². The van der Waals surface area contributed by atoms with Crippen LogP contribution in [-0.4, -0.2) is 87.3 Å². The fourth-order valence-corrected chi connectivity index (χ4v) is 4.12. The van der Waals surface area contributed by atoms with Crippen LogP contribution in [0.2, 0.25) is 0 Å². The number of carbonyl (C=O) groups excluding carboxylic acids is 1. The number of hydrogen-bond donors (Lipinski definition) is 1. The van der Waals surface area contributed by atoms with Gasteiger partial charge in [0.2, 0.25) is 5.91 Å². The number of ether oxygens (including phenoxy) is 1. The zero-order valence-corrected chi connectivity index (χ0v) is 18.3. The minimum absolute atomic E-state index is 0.00852. The lowest BCUT2D eigenvalue weighted by Crippen LogP contribution is -2.52. The van der Waals surface area contributed by atoms with Gasteiger partial charge in [0.1, 0.15) is 0 Å². The van der Waals surface area contributed by atoms with Gasteiger partial charge in [-0.25, -0.2) is 0 Å². The molecule has 2 saturated heterocycles. The first-order valence-electron chi connectivity index (χ1n) is 11.0. The summed E-state index contributed by atoms with van der Waals surface area (Å²) in [5.41, 5.74) is -0.0666. The fraction of sp³-hybridized carbons (Fsp3) is 0.682. The van der Waals surface area contributed by atoms with Crippen LogP contribution in [0.15, 0.2) is 24.3 Å². The highest BCUT2D eigenvalue weighted by atomic mass is 19.4. The summed E-state index contributed by atoms with van der Waals surface area (Å²) in [6.45, 7) is 11.1. The quantitative estimate of drug-likeness (QED) is 0.702. The number of hydrogen-bond acceptors (Lipinski definition) is 5. The molecule has 0 aliphatic carbocycles. The van der Waals surface area contributed by atoms with Crippen molar-refractivity contribution in [3.8, 4) is 0 Å². The highest BCUT2D eigenvalue weighted by molar-refractivity contribution is 5.78. The van der Waals surface area contributed by atoms with Crippen molar-refractivity contribution in [1.29, 1.82) is 0 Å². The SMILES string of the molecule is CC(C)CN1CCO[C@H](CNC(=O)CN2CCN(c3cccc(C(F)(F)F)c3)CC2)C1. The standard InChI is InChI=1S/C22H33F3N4O2/c1-17(2)14-28-10-11-31-20(15-28)13-26-21(30)16-27-6-8-29(9-7-27)19-5-3-4-18(12-19)22(23,24)25/h3-5,12,17,20H,6-11,13-16H2,1-2H3,(H,26,30)/t20-/m1/s1. The van der Waals surface area contributed by atoms with Crippen LogP contribution in [0.5, 0.6) is 0 Å². The van der Waals surface area contributed by atoms with E-state index in [1.807, 2.05) is 9.80 Å². The summed E-state index contributed by atoms with van der Waals surface area (Å²) in [6, 6.07) is 5.41. The molecule has 6 nitrogen and oxygen atoms in total. The Hall–Kier alpha value is -1.84. The molecule has 2 fully saturated rings. The molecule has 2 aliphatic heterocycles. The smallest absolute Gasteiger partial charge is 0.374 e. The van der Waals surface area contributed by atoms with E-state index in [0.29, 0.717) is 57.5 Å². The Morgan fingerprint density at radius 2 is 1.90 bits per heavy atom. The van der Waals surface area contributed by atoms with Crippen molar-refractivity contribution in [3.63, 3.8) is 0 Å². The van der Waals surface area contributed by atoms with E-state index in [1.54, 1.807) is 6.07 Å². The van der Waals surface area contributed by atoms with Crippen LogP contribution in [0.4, 0.5) is 18.9 Å². The number of benzene rings is 1. The summed E-state index contributed by atoms with van der Waals surface area (Å²) in [6.07, 6.45) is -4.33. The summed E-state index contributed by atoms with van der Waals surface area (Å²) >= 11 is 0. The average Bonchev–Trinajstić information content (AvgIpc) is 2.72. The van der Waals surface area contributed by atoms with Gasteiger partial charge in [0, 0.05) is 58.0 Å². The van der Waals surface area contributed by atoms with E-state index in [-0.39, 0.29) is 12.0 Å². The summed E-state index contributed by atoms with van der Waals surface area (Å²) < 4.78 is 44.6. The van der Waals surface area contributed by atoms with Gasteiger partial charge in [-0.1, -0.05) is 19.9 Å². The van der Waals surface area contributed by atoms with Gasteiger partial charge in [0.15, 0.2) is 0 Å². The Labute approximate surface area is 182 Å². The predicted octanol–water partition coefficient (Wildman–Crippen LogP) is 2.30. The lowest BCUT2D eigenvalue weighted by atomic mass is 10.1. The molecule has 174 valence electrons. The highest BCUT2D eigenvalue weighted by Gasteiger charge is 2.31. The zero-order valence-electron chi connectivity index (χ0n) is 18.3. The summed E-state index contributed by atoms with van der Waals surface area (Å²) in [4.78, 5) is 18.7. The van der Waals surface area contributed by atoms with E-state index in [1.165, 1.54) is 12.1 Å². The predicted molar refractivity (Wildman–Crippen MR) is 114 cm³/mol. The number of rotatable bonds is 7. The van der Waals surface area contributed by atoms with Gasteiger partial charge in [-0.3, -0.25) is 14.6 Å². The molecule has 1 aromatic rings. The molecule has 3 rings (SSSR count). The zero-order chi connectivity index (χ0) is 22.4. The molecule has 0 radical (unpaired) electrons. The van der Waals surface area contributed by atoms with Gasteiger partial charge in [-0.2, -0.15) is 13.2 Å². The number of carbonyl (C=O) groups is 1. The van der Waals surface area contributed by atoms with Crippen molar-refractivity contribution in [3.05, 3.63) is 29.8 Å². The minimum atomic E-state index is -4.34. The van der Waals surface area contributed by atoms with E-state index in [2.05, 4.69) is 24.1 Å². The lowest BCUT2D eigenvalue weighted by molar-refractivity contribution is -0.137. The van der Waals surface area contributed by atoms with E-state index >= 15 is 0 Å². The monoisotopic (exact) mass is 442 g/mol. The first-order valence-corrected chi connectivity index (χ1v) is 11.0. The van der Waals surface area contributed by atoms with Crippen molar-refractivity contribution in [2.24, 2.45) is 5.92 Å². The van der Waals surface area contributed by atoms with Crippen molar-refractivity contribution >= 4 is 11.6 Å². The van der Waals surface area contributed by atoms with Gasteiger partial charge >= 0.3 is 6.18 Å². The van der Waals surface area contributed by atoms with Crippen molar-refractivity contribution in [2.75, 3.05) is 70.4 Å². The van der Waals surface area contributed by atoms with Crippen molar-refractivity contribution < 1.29 is 22.7 Å². The maximum atomic E-state index is 12.9. The molecule has 0 unspecified atom stereocenters. The molecule has 0 spiro atoms. The normalized spacial score (nSPS) is 21.5. The second-order valence-corrected chi connectivity index (χ2v) is 8.76. The molecule has 2 aliphatic rings. The van der Waals surface area contributed by atoms with E-state index < -0.39 is 11.7 Å². The number of morpholine rings is 1. The Bertz CT molecular complexity index is 721. The largest absolute Gasteiger partial charge is 0.416 e. The number of nitrogens with zero attached hydrogens (tertiary/aromatic N) is 3. The van der Waals surface area contributed by atoms with Gasteiger partial charge < -0.3 is 15.0 Å². The molecule has 1 aromatic carbocycles. The molecular formula is C22H33F3N4O2. The number of piperazine rings is 1. The summed E-state index contributed by atoms with van der Waals surface area (Å²) in [5.74, 6) is 0.556. The number of nitrogens with one attached hydrogen (secondary N) is 1. The molecule has 0 aromatic heterocycles. The third kappa shape index (κ3) is 7.36. The lowest BCUT2D eigenvalue weighted by Gasteiger charge is -2.36.